The van der Waals surface area contributed by atoms with E-state index < -0.39 is 0 Å². The van der Waals surface area contributed by atoms with Crippen molar-refractivity contribution in [2.24, 2.45) is 0 Å². The molecule has 0 unspecified atom stereocenters. The first-order chi connectivity index (χ1) is 8.86. The lowest BCUT2D eigenvalue weighted by atomic mass is 10.2. The molecule has 1 amide bonds. The van der Waals surface area contributed by atoms with Crippen LogP contribution in [-0.4, -0.2) is 29.2 Å². The maximum Gasteiger partial charge on any atom is 0.261 e. The SMILES string of the molecule is O=C(c1cn[nH]c1)N1CCCNc2ccccc21. The molecule has 2 aromatic rings. The van der Waals surface area contributed by atoms with E-state index in [9.17, 15) is 4.79 Å². The molecular weight excluding hydrogens is 228 g/mol. The van der Waals surface area contributed by atoms with Crippen LogP contribution in [0.1, 0.15) is 16.8 Å². The molecule has 3 rings (SSSR count). The highest BCUT2D eigenvalue weighted by Crippen LogP contribution is 2.28. The predicted octanol–water partition coefficient (Wildman–Crippen LogP) is 1.87. The Bertz CT molecular complexity index is 550. The largest absolute Gasteiger partial charge is 0.383 e. The van der Waals surface area contributed by atoms with E-state index in [4.69, 9.17) is 0 Å². The summed E-state index contributed by atoms with van der Waals surface area (Å²) in [5.41, 5.74) is 2.53. The number of para-hydroxylation sites is 2. The summed E-state index contributed by atoms with van der Waals surface area (Å²) in [6.07, 6.45) is 4.12. The summed E-state index contributed by atoms with van der Waals surface area (Å²) < 4.78 is 0. The number of nitrogens with one attached hydrogen (secondary N) is 2. The molecule has 0 spiro atoms. The van der Waals surface area contributed by atoms with Crippen molar-refractivity contribution in [3.8, 4) is 0 Å². The number of carbonyl (C=O) groups excluding carboxylic acids is 1. The first-order valence-corrected chi connectivity index (χ1v) is 6.00. The fourth-order valence-corrected chi connectivity index (χ4v) is 2.17. The zero-order valence-corrected chi connectivity index (χ0v) is 9.89. The lowest BCUT2D eigenvalue weighted by Crippen LogP contribution is -2.31. The summed E-state index contributed by atoms with van der Waals surface area (Å²) in [7, 11) is 0. The minimum Gasteiger partial charge on any atom is -0.383 e. The molecule has 0 aliphatic carbocycles. The van der Waals surface area contributed by atoms with Gasteiger partial charge in [0.25, 0.3) is 5.91 Å². The van der Waals surface area contributed by atoms with Crippen LogP contribution in [0.3, 0.4) is 0 Å². The summed E-state index contributed by atoms with van der Waals surface area (Å²) in [4.78, 5) is 14.2. The Labute approximate surface area is 105 Å². The van der Waals surface area contributed by atoms with Gasteiger partial charge in [-0.2, -0.15) is 5.10 Å². The van der Waals surface area contributed by atoms with Gasteiger partial charge < -0.3 is 10.2 Å². The van der Waals surface area contributed by atoms with Gasteiger partial charge in [0.05, 0.1) is 23.1 Å². The number of aromatic nitrogens is 2. The van der Waals surface area contributed by atoms with E-state index in [1.54, 1.807) is 17.3 Å². The van der Waals surface area contributed by atoms with Crippen LogP contribution in [0.4, 0.5) is 11.4 Å². The predicted molar refractivity (Wildman–Crippen MR) is 69.8 cm³/mol. The van der Waals surface area contributed by atoms with E-state index in [0.29, 0.717) is 12.1 Å². The molecule has 2 N–H and O–H groups in total. The Morgan fingerprint density at radius 3 is 3.06 bits per heavy atom. The molecule has 1 aliphatic heterocycles. The molecule has 1 aliphatic rings. The van der Waals surface area contributed by atoms with Gasteiger partial charge in [0, 0.05) is 19.3 Å². The van der Waals surface area contributed by atoms with Gasteiger partial charge in [-0.1, -0.05) is 12.1 Å². The van der Waals surface area contributed by atoms with Crippen LogP contribution in [0.2, 0.25) is 0 Å². The molecule has 1 aromatic heterocycles. The zero-order chi connectivity index (χ0) is 12.4. The van der Waals surface area contributed by atoms with Gasteiger partial charge in [-0.05, 0) is 18.6 Å². The smallest absolute Gasteiger partial charge is 0.261 e. The summed E-state index contributed by atoms with van der Waals surface area (Å²) in [5.74, 6) is -0.0140. The molecule has 92 valence electrons. The van der Waals surface area contributed by atoms with E-state index in [-0.39, 0.29) is 5.91 Å². The number of fused-ring (bicyclic) bond motifs is 1. The van der Waals surface area contributed by atoms with Crippen LogP contribution in [0.15, 0.2) is 36.7 Å². The van der Waals surface area contributed by atoms with Gasteiger partial charge in [0.15, 0.2) is 0 Å². The van der Waals surface area contributed by atoms with Crippen LogP contribution in [0.5, 0.6) is 0 Å². The number of benzene rings is 1. The molecule has 5 nitrogen and oxygen atoms in total. The second kappa shape index (κ2) is 4.52. The molecule has 0 atom stereocenters. The molecule has 0 saturated heterocycles. The average molecular weight is 242 g/mol. The van der Waals surface area contributed by atoms with Crippen molar-refractivity contribution in [1.82, 2.24) is 10.2 Å². The molecule has 0 bridgehead atoms. The summed E-state index contributed by atoms with van der Waals surface area (Å²) in [5, 5.41) is 9.84. The van der Waals surface area contributed by atoms with Crippen molar-refractivity contribution in [3.05, 3.63) is 42.2 Å². The van der Waals surface area contributed by atoms with Crippen LogP contribution in [0, 0.1) is 0 Å². The third kappa shape index (κ3) is 1.84. The molecule has 5 heteroatoms. The fourth-order valence-electron chi connectivity index (χ4n) is 2.17. The van der Waals surface area contributed by atoms with E-state index in [2.05, 4.69) is 15.5 Å². The highest BCUT2D eigenvalue weighted by atomic mass is 16.2. The minimum absolute atomic E-state index is 0.0140. The number of carbonyl (C=O) groups is 1. The Balaban J connectivity index is 1.99. The van der Waals surface area contributed by atoms with E-state index in [0.717, 1.165) is 24.3 Å². The molecule has 0 saturated carbocycles. The summed E-state index contributed by atoms with van der Waals surface area (Å²) in [6, 6.07) is 7.88. The van der Waals surface area contributed by atoms with E-state index >= 15 is 0 Å². The van der Waals surface area contributed by atoms with E-state index in [1.807, 2.05) is 24.3 Å². The van der Waals surface area contributed by atoms with Crippen LogP contribution in [0.25, 0.3) is 0 Å². The van der Waals surface area contributed by atoms with Crippen molar-refractivity contribution in [1.29, 1.82) is 0 Å². The summed E-state index contributed by atoms with van der Waals surface area (Å²) in [6.45, 7) is 1.60. The van der Waals surface area contributed by atoms with Crippen molar-refractivity contribution >= 4 is 17.3 Å². The van der Waals surface area contributed by atoms with Gasteiger partial charge >= 0.3 is 0 Å². The standard InChI is InChI=1S/C13H14N4O/c18-13(10-8-15-16-9-10)17-7-3-6-14-11-4-1-2-5-12(11)17/h1-2,4-5,8-9,14H,3,6-7H2,(H,15,16). The summed E-state index contributed by atoms with van der Waals surface area (Å²) >= 11 is 0. The quantitative estimate of drug-likeness (QED) is 0.802. The maximum atomic E-state index is 12.4. The molecule has 0 fully saturated rings. The van der Waals surface area contributed by atoms with Crippen molar-refractivity contribution in [3.63, 3.8) is 0 Å². The van der Waals surface area contributed by atoms with Crippen molar-refractivity contribution in [2.45, 2.75) is 6.42 Å². The second-order valence-electron chi connectivity index (χ2n) is 4.24. The molecule has 0 radical (unpaired) electrons. The number of nitrogens with zero attached hydrogens (tertiary/aromatic N) is 2. The van der Waals surface area contributed by atoms with Gasteiger partial charge in [-0.25, -0.2) is 0 Å². The zero-order valence-electron chi connectivity index (χ0n) is 9.89. The number of hydrogen-bond acceptors (Lipinski definition) is 3. The molecule has 18 heavy (non-hydrogen) atoms. The van der Waals surface area contributed by atoms with Crippen LogP contribution in [-0.2, 0) is 0 Å². The number of anilines is 2. The Hall–Kier alpha value is -2.30. The normalized spacial score (nSPS) is 14.6. The average Bonchev–Trinajstić information content (AvgIpc) is 2.85. The molecular formula is C13H14N4O. The van der Waals surface area contributed by atoms with Gasteiger partial charge in [-0.3, -0.25) is 9.89 Å². The number of amides is 1. The highest BCUT2D eigenvalue weighted by Gasteiger charge is 2.22. The van der Waals surface area contributed by atoms with E-state index in [1.165, 1.54) is 0 Å². The first-order valence-electron chi connectivity index (χ1n) is 6.00. The third-order valence-corrected chi connectivity index (χ3v) is 3.06. The van der Waals surface area contributed by atoms with Gasteiger partial charge in [-0.15, -0.1) is 0 Å². The number of aromatic amines is 1. The first kappa shape index (κ1) is 10.8. The Morgan fingerprint density at radius 1 is 1.33 bits per heavy atom. The lowest BCUT2D eigenvalue weighted by Gasteiger charge is -2.21. The number of hydrogen-bond donors (Lipinski definition) is 2. The van der Waals surface area contributed by atoms with Crippen LogP contribution < -0.4 is 10.2 Å². The molecule has 2 heterocycles. The maximum absolute atomic E-state index is 12.4. The van der Waals surface area contributed by atoms with Crippen molar-refractivity contribution < 1.29 is 4.79 Å². The Morgan fingerprint density at radius 2 is 2.22 bits per heavy atom. The lowest BCUT2D eigenvalue weighted by molar-refractivity contribution is 0.0987. The third-order valence-electron chi connectivity index (χ3n) is 3.06. The highest BCUT2D eigenvalue weighted by molar-refractivity contribution is 6.07. The molecule has 1 aromatic carbocycles. The number of rotatable bonds is 1. The van der Waals surface area contributed by atoms with Gasteiger partial charge in [0.1, 0.15) is 0 Å². The topological polar surface area (TPSA) is 61.0 Å². The van der Waals surface area contributed by atoms with Crippen LogP contribution >= 0.6 is 0 Å². The monoisotopic (exact) mass is 242 g/mol. The van der Waals surface area contributed by atoms with Crippen molar-refractivity contribution in [2.75, 3.05) is 23.3 Å². The minimum atomic E-state index is -0.0140. The Kier molecular flexibility index (Phi) is 2.72. The number of H-pyrrole nitrogens is 1. The van der Waals surface area contributed by atoms with Gasteiger partial charge in [0.2, 0.25) is 0 Å². The fraction of sp³-hybridized carbons (Fsp3) is 0.231. The second-order valence-corrected chi connectivity index (χ2v) is 4.24.